The SMILES string of the molecule is c1ccc(COc2cccc(C(c3nc4ccccc4s3)N3CCNCC3)c2)cc1. The maximum atomic E-state index is 6.12. The van der Waals surface area contributed by atoms with Crippen LogP contribution in [0.1, 0.15) is 22.2 Å². The Balaban J connectivity index is 1.46. The summed E-state index contributed by atoms with van der Waals surface area (Å²) in [6, 6.07) is 27.4. The number of thiazole rings is 1. The fourth-order valence-electron chi connectivity index (χ4n) is 3.97. The average molecular weight is 416 g/mol. The van der Waals surface area contributed by atoms with E-state index in [9.17, 15) is 0 Å². The molecule has 5 heteroatoms. The molecule has 152 valence electrons. The summed E-state index contributed by atoms with van der Waals surface area (Å²) in [5.74, 6) is 0.901. The summed E-state index contributed by atoms with van der Waals surface area (Å²) in [7, 11) is 0. The van der Waals surface area contributed by atoms with Crippen LogP contribution in [-0.2, 0) is 6.61 Å². The molecule has 0 amide bonds. The molecule has 1 saturated heterocycles. The first-order chi connectivity index (χ1) is 14.9. The number of nitrogens with zero attached hydrogens (tertiary/aromatic N) is 2. The Hall–Kier alpha value is -2.73. The van der Waals surface area contributed by atoms with E-state index < -0.39 is 0 Å². The Bertz CT molecular complexity index is 1070. The monoisotopic (exact) mass is 415 g/mol. The number of para-hydroxylation sites is 1. The number of rotatable bonds is 6. The van der Waals surface area contributed by atoms with Gasteiger partial charge in [-0.1, -0.05) is 54.6 Å². The van der Waals surface area contributed by atoms with Crippen LogP contribution < -0.4 is 10.1 Å². The number of hydrogen-bond donors (Lipinski definition) is 1. The zero-order chi connectivity index (χ0) is 20.2. The number of ether oxygens (including phenoxy) is 1. The van der Waals surface area contributed by atoms with Crippen molar-refractivity contribution in [2.24, 2.45) is 0 Å². The summed E-state index contributed by atoms with van der Waals surface area (Å²) in [6.07, 6.45) is 0. The predicted octanol–water partition coefficient (Wildman–Crippen LogP) is 4.87. The van der Waals surface area contributed by atoms with Crippen LogP contribution >= 0.6 is 11.3 Å². The molecule has 0 bridgehead atoms. The van der Waals surface area contributed by atoms with Gasteiger partial charge in [-0.25, -0.2) is 4.98 Å². The Morgan fingerprint density at radius 3 is 2.57 bits per heavy atom. The van der Waals surface area contributed by atoms with Gasteiger partial charge in [-0.2, -0.15) is 0 Å². The summed E-state index contributed by atoms with van der Waals surface area (Å²) in [4.78, 5) is 7.54. The third-order valence-electron chi connectivity index (χ3n) is 5.48. The molecule has 1 aliphatic heterocycles. The van der Waals surface area contributed by atoms with Crippen molar-refractivity contribution in [1.82, 2.24) is 15.2 Å². The molecule has 1 atom stereocenters. The third kappa shape index (κ3) is 4.24. The largest absolute Gasteiger partial charge is 0.489 e. The molecule has 4 nitrogen and oxygen atoms in total. The minimum Gasteiger partial charge on any atom is -0.489 e. The van der Waals surface area contributed by atoms with E-state index in [0.717, 1.165) is 42.5 Å². The summed E-state index contributed by atoms with van der Waals surface area (Å²) in [6.45, 7) is 4.60. The van der Waals surface area contributed by atoms with Crippen LogP contribution in [0.3, 0.4) is 0 Å². The van der Waals surface area contributed by atoms with Crippen molar-refractivity contribution >= 4 is 21.6 Å². The summed E-state index contributed by atoms with van der Waals surface area (Å²) < 4.78 is 7.36. The van der Waals surface area contributed by atoms with E-state index in [2.05, 4.69) is 64.8 Å². The van der Waals surface area contributed by atoms with E-state index in [1.54, 1.807) is 11.3 Å². The van der Waals surface area contributed by atoms with Gasteiger partial charge in [-0.05, 0) is 35.4 Å². The molecule has 2 heterocycles. The first kappa shape index (κ1) is 19.2. The average Bonchev–Trinajstić information content (AvgIpc) is 3.23. The molecular weight excluding hydrogens is 390 g/mol. The van der Waals surface area contributed by atoms with E-state index >= 15 is 0 Å². The van der Waals surface area contributed by atoms with Gasteiger partial charge in [0.15, 0.2) is 0 Å². The fraction of sp³-hybridized carbons (Fsp3) is 0.240. The van der Waals surface area contributed by atoms with Crippen molar-refractivity contribution in [3.63, 3.8) is 0 Å². The minimum absolute atomic E-state index is 0.143. The number of fused-ring (bicyclic) bond motifs is 1. The second kappa shape index (κ2) is 8.96. The highest BCUT2D eigenvalue weighted by Crippen LogP contribution is 2.35. The van der Waals surface area contributed by atoms with Crippen LogP contribution in [0.4, 0.5) is 0 Å². The molecule has 1 N–H and O–H groups in total. The summed E-state index contributed by atoms with van der Waals surface area (Å²) in [5, 5.41) is 4.62. The van der Waals surface area contributed by atoms with Gasteiger partial charge >= 0.3 is 0 Å². The number of piperazine rings is 1. The molecule has 1 fully saturated rings. The van der Waals surface area contributed by atoms with E-state index in [1.807, 2.05) is 24.3 Å². The highest BCUT2D eigenvalue weighted by atomic mass is 32.1. The molecule has 0 spiro atoms. The smallest absolute Gasteiger partial charge is 0.120 e. The van der Waals surface area contributed by atoms with Gasteiger partial charge in [-0.3, -0.25) is 4.90 Å². The Morgan fingerprint density at radius 2 is 1.73 bits per heavy atom. The number of nitrogens with one attached hydrogen (secondary N) is 1. The zero-order valence-corrected chi connectivity index (χ0v) is 17.6. The van der Waals surface area contributed by atoms with Crippen molar-refractivity contribution in [1.29, 1.82) is 0 Å². The Kier molecular flexibility index (Phi) is 5.75. The minimum atomic E-state index is 0.143. The second-order valence-electron chi connectivity index (χ2n) is 7.56. The Morgan fingerprint density at radius 1 is 0.933 bits per heavy atom. The maximum Gasteiger partial charge on any atom is 0.120 e. The number of aromatic nitrogens is 1. The van der Waals surface area contributed by atoms with Gasteiger partial charge in [0, 0.05) is 26.2 Å². The van der Waals surface area contributed by atoms with E-state index in [1.165, 1.54) is 15.8 Å². The topological polar surface area (TPSA) is 37.4 Å². The predicted molar refractivity (Wildman–Crippen MR) is 123 cm³/mol. The Labute approximate surface area is 181 Å². The van der Waals surface area contributed by atoms with E-state index in [4.69, 9.17) is 9.72 Å². The molecule has 30 heavy (non-hydrogen) atoms. The normalized spacial score (nSPS) is 15.9. The van der Waals surface area contributed by atoms with Crippen LogP contribution in [0.2, 0.25) is 0 Å². The van der Waals surface area contributed by atoms with Crippen LogP contribution in [0, 0.1) is 0 Å². The second-order valence-corrected chi connectivity index (χ2v) is 8.62. The van der Waals surface area contributed by atoms with Crippen molar-refractivity contribution < 1.29 is 4.74 Å². The molecule has 0 radical (unpaired) electrons. The molecular formula is C25H25N3OS. The first-order valence-corrected chi connectivity index (χ1v) is 11.3. The molecule has 1 aromatic heterocycles. The molecule has 5 rings (SSSR count). The van der Waals surface area contributed by atoms with Crippen molar-refractivity contribution in [3.8, 4) is 5.75 Å². The molecule has 0 aliphatic carbocycles. The van der Waals surface area contributed by atoms with Crippen LogP contribution in [0.5, 0.6) is 5.75 Å². The van der Waals surface area contributed by atoms with Gasteiger partial charge in [0.25, 0.3) is 0 Å². The highest BCUT2D eigenvalue weighted by Gasteiger charge is 2.27. The first-order valence-electron chi connectivity index (χ1n) is 10.4. The molecule has 1 aliphatic rings. The van der Waals surface area contributed by atoms with Gasteiger partial charge < -0.3 is 10.1 Å². The lowest BCUT2D eigenvalue weighted by Gasteiger charge is -2.34. The van der Waals surface area contributed by atoms with Crippen LogP contribution in [0.25, 0.3) is 10.2 Å². The van der Waals surface area contributed by atoms with Gasteiger partial charge in [0.05, 0.1) is 16.3 Å². The third-order valence-corrected chi connectivity index (χ3v) is 6.57. The number of hydrogen-bond acceptors (Lipinski definition) is 5. The van der Waals surface area contributed by atoms with Crippen molar-refractivity contribution in [3.05, 3.63) is 95.0 Å². The van der Waals surface area contributed by atoms with Gasteiger partial charge in [0.1, 0.15) is 17.4 Å². The zero-order valence-electron chi connectivity index (χ0n) is 16.8. The fourth-order valence-corrected chi connectivity index (χ4v) is 5.10. The molecule has 1 unspecified atom stereocenters. The number of benzene rings is 3. The molecule has 3 aromatic carbocycles. The van der Waals surface area contributed by atoms with Gasteiger partial charge in [-0.15, -0.1) is 11.3 Å². The lowest BCUT2D eigenvalue weighted by atomic mass is 10.0. The summed E-state index contributed by atoms with van der Waals surface area (Å²) in [5.41, 5.74) is 3.49. The van der Waals surface area contributed by atoms with Crippen LogP contribution in [0.15, 0.2) is 78.9 Å². The quantitative estimate of drug-likeness (QED) is 0.488. The lowest BCUT2D eigenvalue weighted by Crippen LogP contribution is -2.45. The highest BCUT2D eigenvalue weighted by molar-refractivity contribution is 7.18. The standard InChI is InChI=1S/C25H25N3OS/c1-2-7-19(8-3-1)18-29-21-10-6-9-20(17-21)24(28-15-13-26-14-16-28)25-27-22-11-4-5-12-23(22)30-25/h1-12,17,24,26H,13-16,18H2. The van der Waals surface area contributed by atoms with E-state index in [-0.39, 0.29) is 6.04 Å². The van der Waals surface area contributed by atoms with Gasteiger partial charge in [0.2, 0.25) is 0 Å². The van der Waals surface area contributed by atoms with Crippen molar-refractivity contribution in [2.75, 3.05) is 26.2 Å². The maximum absolute atomic E-state index is 6.12. The van der Waals surface area contributed by atoms with Crippen LogP contribution in [-0.4, -0.2) is 36.1 Å². The lowest BCUT2D eigenvalue weighted by molar-refractivity contribution is 0.198. The summed E-state index contributed by atoms with van der Waals surface area (Å²) >= 11 is 1.80. The van der Waals surface area contributed by atoms with Crippen molar-refractivity contribution in [2.45, 2.75) is 12.6 Å². The molecule has 4 aromatic rings. The van der Waals surface area contributed by atoms with E-state index in [0.29, 0.717) is 6.61 Å². The molecule has 0 saturated carbocycles.